The second-order valence-corrected chi connectivity index (χ2v) is 7.94. The highest BCUT2D eigenvalue weighted by molar-refractivity contribution is 7.16. The molecule has 0 radical (unpaired) electrons. The summed E-state index contributed by atoms with van der Waals surface area (Å²) in [5.41, 5.74) is 2.00. The number of aryl methyl sites for hydroxylation is 1. The molecule has 24 heavy (non-hydrogen) atoms. The molecule has 0 N–H and O–H groups in total. The van der Waals surface area contributed by atoms with Gasteiger partial charge in [-0.3, -0.25) is 9.59 Å². The number of thiophene rings is 1. The molecule has 2 heterocycles. The number of carbonyl (C=O) groups is 2. The number of nitrogens with zero attached hydrogens (tertiary/aromatic N) is 2. The van der Waals surface area contributed by atoms with E-state index in [1.54, 1.807) is 16.8 Å². The van der Waals surface area contributed by atoms with Crippen molar-refractivity contribution in [3.05, 3.63) is 51.2 Å². The van der Waals surface area contributed by atoms with Gasteiger partial charge in [-0.05, 0) is 31.2 Å². The van der Waals surface area contributed by atoms with Crippen molar-refractivity contribution in [2.75, 3.05) is 18.5 Å². The first kappa shape index (κ1) is 17.0. The molecule has 6 heteroatoms. The van der Waals surface area contributed by atoms with Gasteiger partial charge >= 0.3 is 0 Å². The van der Waals surface area contributed by atoms with Crippen LogP contribution in [0.15, 0.2) is 36.4 Å². The monoisotopic (exact) mass is 362 g/mol. The van der Waals surface area contributed by atoms with Crippen LogP contribution in [-0.2, 0) is 16.1 Å². The van der Waals surface area contributed by atoms with Crippen molar-refractivity contribution in [2.45, 2.75) is 19.9 Å². The first-order valence-electron chi connectivity index (χ1n) is 7.80. The molecule has 0 bridgehead atoms. The lowest BCUT2D eigenvalue weighted by atomic mass is 10.1. The van der Waals surface area contributed by atoms with E-state index in [-0.39, 0.29) is 24.2 Å². The van der Waals surface area contributed by atoms with Gasteiger partial charge in [-0.2, -0.15) is 0 Å². The molecule has 1 aromatic carbocycles. The number of amides is 2. The third-order valence-electron chi connectivity index (χ3n) is 4.22. The van der Waals surface area contributed by atoms with E-state index in [1.807, 2.05) is 43.3 Å². The molecular formula is C18H19ClN2O2S. The Hall–Kier alpha value is -1.85. The van der Waals surface area contributed by atoms with Gasteiger partial charge in [0.1, 0.15) is 0 Å². The Morgan fingerprint density at radius 2 is 2.00 bits per heavy atom. The lowest BCUT2D eigenvalue weighted by Crippen LogP contribution is -2.34. The smallest absolute Gasteiger partial charge is 0.228 e. The van der Waals surface area contributed by atoms with Crippen LogP contribution in [0.4, 0.5) is 5.69 Å². The van der Waals surface area contributed by atoms with E-state index in [2.05, 4.69) is 0 Å². The maximum atomic E-state index is 12.7. The van der Waals surface area contributed by atoms with E-state index in [0.29, 0.717) is 17.4 Å². The topological polar surface area (TPSA) is 40.6 Å². The third kappa shape index (κ3) is 3.62. The fourth-order valence-corrected chi connectivity index (χ4v) is 4.05. The molecule has 0 spiro atoms. The molecule has 1 aliphatic heterocycles. The predicted octanol–water partition coefficient (Wildman–Crippen LogP) is 3.72. The molecular weight excluding hydrogens is 344 g/mol. The van der Waals surface area contributed by atoms with Gasteiger partial charge in [0.2, 0.25) is 11.8 Å². The van der Waals surface area contributed by atoms with Crippen LogP contribution in [0, 0.1) is 12.8 Å². The zero-order valence-corrected chi connectivity index (χ0v) is 15.2. The summed E-state index contributed by atoms with van der Waals surface area (Å²) >= 11 is 7.40. The fraction of sp³-hybridized carbons (Fsp3) is 0.333. The quantitative estimate of drug-likeness (QED) is 0.831. The number of hydrogen-bond donors (Lipinski definition) is 0. The summed E-state index contributed by atoms with van der Waals surface area (Å²) in [5.74, 6) is -0.286. The van der Waals surface area contributed by atoms with E-state index in [9.17, 15) is 9.59 Å². The first-order valence-corrected chi connectivity index (χ1v) is 8.99. The number of carbonyl (C=O) groups excluding carboxylic acids is 2. The number of benzene rings is 1. The third-order valence-corrected chi connectivity index (χ3v) is 5.43. The minimum atomic E-state index is -0.292. The molecule has 1 unspecified atom stereocenters. The first-order chi connectivity index (χ1) is 11.4. The summed E-state index contributed by atoms with van der Waals surface area (Å²) < 4.78 is 0.715. The largest absolute Gasteiger partial charge is 0.340 e. The molecule has 1 aliphatic rings. The summed E-state index contributed by atoms with van der Waals surface area (Å²) in [7, 11) is 1.77. The highest BCUT2D eigenvalue weighted by atomic mass is 35.5. The van der Waals surface area contributed by atoms with E-state index in [0.717, 1.165) is 16.1 Å². The van der Waals surface area contributed by atoms with Gasteiger partial charge in [0.05, 0.1) is 16.8 Å². The van der Waals surface area contributed by atoms with Crippen LogP contribution in [0.3, 0.4) is 0 Å². The Bertz CT molecular complexity index is 757. The van der Waals surface area contributed by atoms with E-state index >= 15 is 0 Å². The van der Waals surface area contributed by atoms with Gasteiger partial charge in [0, 0.05) is 30.6 Å². The maximum absolute atomic E-state index is 12.7. The average molecular weight is 363 g/mol. The van der Waals surface area contributed by atoms with Gasteiger partial charge in [-0.15, -0.1) is 11.3 Å². The van der Waals surface area contributed by atoms with Crippen LogP contribution >= 0.6 is 22.9 Å². The van der Waals surface area contributed by atoms with E-state index < -0.39 is 0 Å². The normalized spacial score (nSPS) is 17.4. The highest BCUT2D eigenvalue weighted by Crippen LogP contribution is 2.28. The molecule has 1 saturated heterocycles. The van der Waals surface area contributed by atoms with Gasteiger partial charge in [-0.25, -0.2) is 0 Å². The van der Waals surface area contributed by atoms with Crippen molar-refractivity contribution in [3.63, 3.8) is 0 Å². The summed E-state index contributed by atoms with van der Waals surface area (Å²) in [6.45, 7) is 2.97. The molecule has 3 rings (SSSR count). The number of halogens is 1. The summed E-state index contributed by atoms with van der Waals surface area (Å²) in [6, 6.07) is 11.6. The van der Waals surface area contributed by atoms with Crippen LogP contribution in [0.1, 0.15) is 16.9 Å². The second kappa shape index (κ2) is 6.95. The van der Waals surface area contributed by atoms with Crippen LogP contribution in [0.25, 0.3) is 0 Å². The van der Waals surface area contributed by atoms with Crippen molar-refractivity contribution in [2.24, 2.45) is 5.92 Å². The lowest BCUT2D eigenvalue weighted by molar-refractivity contribution is -0.135. The Balaban J connectivity index is 1.66. The van der Waals surface area contributed by atoms with Crippen LogP contribution in [-0.4, -0.2) is 30.3 Å². The van der Waals surface area contributed by atoms with Crippen molar-refractivity contribution in [1.29, 1.82) is 0 Å². The lowest BCUT2D eigenvalue weighted by Gasteiger charge is -2.21. The maximum Gasteiger partial charge on any atom is 0.228 e. The van der Waals surface area contributed by atoms with Gasteiger partial charge in [0.25, 0.3) is 0 Å². The van der Waals surface area contributed by atoms with Gasteiger partial charge < -0.3 is 9.80 Å². The Morgan fingerprint density at radius 3 is 2.62 bits per heavy atom. The van der Waals surface area contributed by atoms with Crippen LogP contribution < -0.4 is 4.90 Å². The average Bonchev–Trinajstić information content (AvgIpc) is 3.13. The van der Waals surface area contributed by atoms with Crippen LogP contribution in [0.2, 0.25) is 4.34 Å². The molecule has 4 nitrogen and oxygen atoms in total. The molecule has 0 saturated carbocycles. The number of hydrogen-bond acceptors (Lipinski definition) is 3. The minimum absolute atomic E-state index is 0.00230. The summed E-state index contributed by atoms with van der Waals surface area (Å²) in [4.78, 5) is 29.4. The molecule has 2 amide bonds. The zero-order valence-electron chi connectivity index (χ0n) is 13.7. The van der Waals surface area contributed by atoms with Crippen molar-refractivity contribution in [3.8, 4) is 0 Å². The summed E-state index contributed by atoms with van der Waals surface area (Å²) in [6.07, 6.45) is 0.266. The SMILES string of the molecule is Cc1ccc(N2CC(C(=O)N(C)Cc3ccc(Cl)s3)CC2=O)cc1. The second-order valence-electron chi connectivity index (χ2n) is 6.14. The Kier molecular flexibility index (Phi) is 4.92. The zero-order chi connectivity index (χ0) is 17.3. The number of rotatable bonds is 4. The molecule has 126 valence electrons. The van der Waals surface area contributed by atoms with E-state index in [4.69, 9.17) is 11.6 Å². The summed E-state index contributed by atoms with van der Waals surface area (Å²) in [5, 5.41) is 0. The van der Waals surface area contributed by atoms with Crippen molar-refractivity contribution < 1.29 is 9.59 Å². The van der Waals surface area contributed by atoms with Gasteiger partial charge in [0.15, 0.2) is 0 Å². The van der Waals surface area contributed by atoms with E-state index in [1.165, 1.54) is 11.3 Å². The fourth-order valence-electron chi connectivity index (χ4n) is 2.91. The molecule has 1 atom stereocenters. The molecule has 1 fully saturated rings. The van der Waals surface area contributed by atoms with Gasteiger partial charge in [-0.1, -0.05) is 29.3 Å². The Labute approximate surface area is 150 Å². The molecule has 2 aromatic rings. The molecule has 0 aliphatic carbocycles. The standard InChI is InChI=1S/C18H19ClN2O2S/c1-12-3-5-14(6-4-12)21-10-13(9-17(21)22)18(23)20(2)11-15-7-8-16(19)24-15/h3-8,13H,9-11H2,1-2H3. The molecule has 1 aromatic heterocycles. The Morgan fingerprint density at radius 1 is 1.29 bits per heavy atom. The van der Waals surface area contributed by atoms with Crippen molar-refractivity contribution in [1.82, 2.24) is 4.90 Å². The number of anilines is 1. The minimum Gasteiger partial charge on any atom is -0.340 e. The van der Waals surface area contributed by atoms with Crippen molar-refractivity contribution >= 4 is 40.4 Å². The highest BCUT2D eigenvalue weighted by Gasteiger charge is 2.36. The predicted molar refractivity (Wildman–Crippen MR) is 97.4 cm³/mol. The van der Waals surface area contributed by atoms with Crippen LogP contribution in [0.5, 0.6) is 0 Å².